The first-order valence-electron chi connectivity index (χ1n) is 7.81. The molecule has 0 aliphatic carbocycles. The van der Waals surface area contributed by atoms with Crippen LogP contribution in [0.2, 0.25) is 0 Å². The van der Waals surface area contributed by atoms with Gasteiger partial charge in [-0.2, -0.15) is 0 Å². The van der Waals surface area contributed by atoms with Gasteiger partial charge in [0.1, 0.15) is 11.6 Å². The Bertz CT molecular complexity index is 792. The second-order valence-corrected chi connectivity index (χ2v) is 6.02. The van der Waals surface area contributed by atoms with Crippen LogP contribution in [0.25, 0.3) is 0 Å². The van der Waals surface area contributed by atoms with Gasteiger partial charge in [0.05, 0.1) is 0 Å². The van der Waals surface area contributed by atoms with Crippen molar-refractivity contribution >= 4 is 11.9 Å². The number of halogens is 2. The molecule has 132 valence electrons. The zero-order chi connectivity index (χ0) is 18.6. The minimum absolute atomic E-state index is 0.276. The summed E-state index contributed by atoms with van der Waals surface area (Å²) in [5.74, 6) is -3.10. The molecule has 0 aliphatic rings. The van der Waals surface area contributed by atoms with Crippen molar-refractivity contribution in [2.75, 3.05) is 0 Å². The molecule has 0 spiro atoms. The van der Waals surface area contributed by atoms with E-state index in [0.29, 0.717) is 11.1 Å². The summed E-state index contributed by atoms with van der Waals surface area (Å²) in [6, 6.07) is 8.52. The van der Waals surface area contributed by atoms with Gasteiger partial charge < -0.3 is 10.4 Å². The van der Waals surface area contributed by atoms with Crippen molar-refractivity contribution < 1.29 is 23.5 Å². The number of aryl methyl sites for hydroxylation is 1. The number of amides is 1. The third-order valence-electron chi connectivity index (χ3n) is 3.93. The fraction of sp³-hybridized carbons (Fsp3) is 0.263. The summed E-state index contributed by atoms with van der Waals surface area (Å²) in [4.78, 5) is 23.8. The molecule has 6 heteroatoms. The van der Waals surface area contributed by atoms with Gasteiger partial charge in [-0.3, -0.25) is 4.79 Å². The molecule has 2 aromatic carbocycles. The molecule has 0 fully saturated rings. The zero-order valence-corrected chi connectivity index (χ0v) is 13.9. The number of aliphatic carboxylic acids is 1. The molecule has 0 saturated carbocycles. The van der Waals surface area contributed by atoms with Crippen LogP contribution in [-0.2, 0) is 16.0 Å². The van der Waals surface area contributed by atoms with Gasteiger partial charge in [-0.05, 0) is 48.2 Å². The summed E-state index contributed by atoms with van der Waals surface area (Å²) in [5.41, 5.74) is 1.23. The van der Waals surface area contributed by atoms with Crippen molar-refractivity contribution in [2.45, 2.75) is 26.3 Å². The molecule has 0 aliphatic heterocycles. The van der Waals surface area contributed by atoms with Crippen LogP contribution in [0.15, 0.2) is 42.5 Å². The standard InChI is InChI=1S/C19H19F2NO3/c1-11-9-14(6-7-16(11)21)17(19(24)25)22-18(23)12(2)8-13-4-3-5-15(20)10-13/h3-7,9-10,12,17H,8H2,1-2H3,(H,22,23)(H,24,25). The largest absolute Gasteiger partial charge is 0.479 e. The maximum atomic E-state index is 13.4. The van der Waals surface area contributed by atoms with Gasteiger partial charge in [-0.1, -0.05) is 31.2 Å². The third kappa shape index (κ3) is 4.86. The first-order chi connectivity index (χ1) is 11.8. The smallest absolute Gasteiger partial charge is 0.330 e. The predicted octanol–water partition coefficient (Wildman–Crippen LogP) is 3.39. The highest BCUT2D eigenvalue weighted by Crippen LogP contribution is 2.19. The number of carboxylic acids is 1. The van der Waals surface area contributed by atoms with Crippen LogP contribution in [0.3, 0.4) is 0 Å². The van der Waals surface area contributed by atoms with Gasteiger partial charge in [0, 0.05) is 5.92 Å². The number of hydrogen-bond donors (Lipinski definition) is 2. The van der Waals surface area contributed by atoms with Crippen molar-refractivity contribution in [2.24, 2.45) is 5.92 Å². The lowest BCUT2D eigenvalue weighted by atomic mass is 9.98. The minimum atomic E-state index is -1.28. The lowest BCUT2D eigenvalue weighted by molar-refractivity contribution is -0.142. The normalized spacial score (nSPS) is 13.1. The van der Waals surface area contributed by atoms with Crippen molar-refractivity contribution in [1.29, 1.82) is 0 Å². The number of benzene rings is 2. The molecule has 1 amide bonds. The van der Waals surface area contributed by atoms with Crippen LogP contribution in [0.5, 0.6) is 0 Å². The predicted molar refractivity (Wildman–Crippen MR) is 88.9 cm³/mol. The highest BCUT2D eigenvalue weighted by atomic mass is 19.1. The molecule has 4 nitrogen and oxygen atoms in total. The average molecular weight is 347 g/mol. The number of carboxylic acid groups (broad SMARTS) is 1. The van der Waals surface area contributed by atoms with Gasteiger partial charge in [0.25, 0.3) is 0 Å². The number of nitrogens with one attached hydrogen (secondary N) is 1. The molecular formula is C19H19F2NO3. The Morgan fingerprint density at radius 1 is 1.16 bits per heavy atom. The number of hydrogen-bond acceptors (Lipinski definition) is 2. The second-order valence-electron chi connectivity index (χ2n) is 6.02. The molecule has 0 radical (unpaired) electrons. The van der Waals surface area contributed by atoms with Crippen molar-refractivity contribution in [3.63, 3.8) is 0 Å². The Hall–Kier alpha value is -2.76. The molecule has 2 atom stereocenters. The number of carbonyl (C=O) groups excluding carboxylic acids is 1. The Labute approximate surface area is 144 Å². The summed E-state index contributed by atoms with van der Waals surface area (Å²) >= 11 is 0. The van der Waals surface area contributed by atoms with E-state index in [0.717, 1.165) is 0 Å². The summed E-state index contributed by atoms with van der Waals surface area (Å²) in [6.45, 7) is 3.15. The first kappa shape index (κ1) is 18.6. The molecule has 0 aromatic heterocycles. The topological polar surface area (TPSA) is 66.4 Å². The van der Waals surface area contributed by atoms with Gasteiger partial charge >= 0.3 is 5.97 Å². The van der Waals surface area contributed by atoms with E-state index in [4.69, 9.17) is 0 Å². The Kier molecular flexibility index (Phi) is 5.85. The molecule has 0 saturated heterocycles. The van der Waals surface area contributed by atoms with Crippen LogP contribution in [-0.4, -0.2) is 17.0 Å². The van der Waals surface area contributed by atoms with Crippen LogP contribution in [0.1, 0.15) is 29.7 Å². The maximum Gasteiger partial charge on any atom is 0.330 e. The van der Waals surface area contributed by atoms with Gasteiger partial charge in [-0.25, -0.2) is 13.6 Å². The van der Waals surface area contributed by atoms with Gasteiger partial charge in [-0.15, -0.1) is 0 Å². The lowest BCUT2D eigenvalue weighted by Gasteiger charge is -2.19. The van der Waals surface area contributed by atoms with E-state index in [1.54, 1.807) is 19.1 Å². The van der Waals surface area contributed by atoms with E-state index in [2.05, 4.69) is 5.32 Å². The second kappa shape index (κ2) is 7.88. The van der Waals surface area contributed by atoms with Crippen molar-refractivity contribution in [1.82, 2.24) is 5.32 Å². The molecule has 2 aromatic rings. The van der Waals surface area contributed by atoms with Crippen LogP contribution in [0.4, 0.5) is 8.78 Å². The first-order valence-corrected chi connectivity index (χ1v) is 7.81. The summed E-state index contributed by atoms with van der Waals surface area (Å²) in [7, 11) is 0. The molecule has 2 N–H and O–H groups in total. The van der Waals surface area contributed by atoms with Gasteiger partial charge in [0.15, 0.2) is 6.04 Å². The zero-order valence-electron chi connectivity index (χ0n) is 13.9. The molecule has 0 bridgehead atoms. The molecular weight excluding hydrogens is 328 g/mol. The number of carbonyl (C=O) groups is 2. The summed E-state index contributed by atoms with van der Waals surface area (Å²) < 4.78 is 26.6. The summed E-state index contributed by atoms with van der Waals surface area (Å²) in [5, 5.41) is 11.8. The molecule has 0 heterocycles. The monoisotopic (exact) mass is 347 g/mol. The Morgan fingerprint density at radius 2 is 1.88 bits per heavy atom. The fourth-order valence-electron chi connectivity index (χ4n) is 2.53. The average Bonchev–Trinajstić information content (AvgIpc) is 2.54. The summed E-state index contributed by atoms with van der Waals surface area (Å²) in [6.07, 6.45) is 0.276. The van der Waals surface area contributed by atoms with Crippen molar-refractivity contribution in [3.8, 4) is 0 Å². The van der Waals surface area contributed by atoms with Crippen LogP contribution < -0.4 is 5.32 Å². The molecule has 2 unspecified atom stereocenters. The molecule has 25 heavy (non-hydrogen) atoms. The Morgan fingerprint density at radius 3 is 2.48 bits per heavy atom. The highest BCUT2D eigenvalue weighted by Gasteiger charge is 2.25. The third-order valence-corrected chi connectivity index (χ3v) is 3.93. The van der Waals surface area contributed by atoms with E-state index >= 15 is 0 Å². The van der Waals surface area contributed by atoms with E-state index in [9.17, 15) is 23.5 Å². The van der Waals surface area contributed by atoms with E-state index in [-0.39, 0.29) is 12.0 Å². The SMILES string of the molecule is Cc1cc(C(NC(=O)C(C)Cc2cccc(F)c2)C(=O)O)ccc1F. The maximum absolute atomic E-state index is 13.4. The Balaban J connectivity index is 2.11. The van der Waals surface area contributed by atoms with E-state index in [1.807, 2.05) is 0 Å². The van der Waals surface area contributed by atoms with Crippen molar-refractivity contribution in [3.05, 3.63) is 70.8 Å². The van der Waals surface area contributed by atoms with E-state index < -0.39 is 35.5 Å². The molecule has 2 rings (SSSR count). The lowest BCUT2D eigenvalue weighted by Crippen LogP contribution is -2.37. The fourth-order valence-corrected chi connectivity index (χ4v) is 2.53. The van der Waals surface area contributed by atoms with Crippen LogP contribution >= 0.6 is 0 Å². The highest BCUT2D eigenvalue weighted by molar-refractivity contribution is 5.85. The van der Waals surface area contributed by atoms with Gasteiger partial charge in [0.2, 0.25) is 5.91 Å². The van der Waals surface area contributed by atoms with E-state index in [1.165, 1.54) is 37.3 Å². The number of rotatable bonds is 6. The van der Waals surface area contributed by atoms with Crippen LogP contribution in [0, 0.1) is 24.5 Å². The minimum Gasteiger partial charge on any atom is -0.479 e. The quantitative estimate of drug-likeness (QED) is 0.842.